The number of anilines is 1. The van der Waals surface area contributed by atoms with Crippen LogP contribution >= 0.6 is 0 Å². The number of hydrogen-bond donors (Lipinski definition) is 1. The van der Waals surface area contributed by atoms with Crippen molar-refractivity contribution in [3.8, 4) is 0 Å². The molecule has 0 saturated carbocycles. The van der Waals surface area contributed by atoms with Crippen molar-refractivity contribution >= 4 is 27.3 Å². The average molecular weight is 507 g/mol. The minimum Gasteiger partial charge on any atom is -0.310 e. The second-order valence-electron chi connectivity index (χ2n) is 9.52. The Morgan fingerprint density at radius 3 is 2.39 bits per heavy atom. The topological polar surface area (TPSA) is 119 Å². The Hall–Kier alpha value is -3.46. The number of nitrogens with zero attached hydrogens (tertiary/aromatic N) is 3. The summed E-state index contributed by atoms with van der Waals surface area (Å²) < 4.78 is 24.0. The average Bonchev–Trinajstić information content (AvgIpc) is 2.81. The van der Waals surface area contributed by atoms with E-state index < -0.39 is 15.3 Å². The van der Waals surface area contributed by atoms with Crippen LogP contribution in [-0.2, 0) is 32.9 Å². The number of carbonyl (C=O) groups excluding carboxylic acids is 2. The minimum absolute atomic E-state index is 0.0220. The van der Waals surface area contributed by atoms with Gasteiger partial charge in [0.2, 0.25) is 5.91 Å². The van der Waals surface area contributed by atoms with Gasteiger partial charge in [0, 0.05) is 11.3 Å². The summed E-state index contributed by atoms with van der Waals surface area (Å²) in [5.41, 5.74) is 3.49. The molecule has 1 aliphatic rings. The van der Waals surface area contributed by atoms with Gasteiger partial charge in [-0.25, -0.2) is 23.4 Å². The molecule has 8 nitrogen and oxygen atoms in total. The molecule has 1 N–H and O–H groups in total. The number of sulfone groups is 1. The van der Waals surface area contributed by atoms with Gasteiger partial charge in [0.15, 0.2) is 15.6 Å². The lowest BCUT2D eigenvalue weighted by Gasteiger charge is -2.33. The van der Waals surface area contributed by atoms with Crippen LogP contribution in [0.1, 0.15) is 64.7 Å². The van der Waals surface area contributed by atoms with Gasteiger partial charge in [-0.3, -0.25) is 9.59 Å². The van der Waals surface area contributed by atoms with Crippen molar-refractivity contribution in [3.05, 3.63) is 76.0 Å². The molecule has 1 atom stereocenters. The lowest BCUT2D eigenvalue weighted by atomic mass is 9.70. The summed E-state index contributed by atoms with van der Waals surface area (Å²) in [7, 11) is -3.29. The SMILES string of the molecule is CCS(=O)(=O)c1ccc(CC(=O)Nc2cc(C)c3c(n2)CCC(C)(c2cc(C)nc(C)n2)C3=O)cc1. The Balaban J connectivity index is 1.53. The summed E-state index contributed by atoms with van der Waals surface area (Å²) >= 11 is 0. The molecule has 2 aromatic heterocycles. The molecule has 0 bridgehead atoms. The van der Waals surface area contributed by atoms with Crippen molar-refractivity contribution in [3.63, 3.8) is 0 Å². The van der Waals surface area contributed by atoms with Crippen LogP contribution in [0.4, 0.5) is 5.82 Å². The van der Waals surface area contributed by atoms with Crippen LogP contribution in [0.3, 0.4) is 0 Å². The maximum Gasteiger partial charge on any atom is 0.229 e. The van der Waals surface area contributed by atoms with Crippen molar-refractivity contribution < 1.29 is 18.0 Å². The first-order valence-electron chi connectivity index (χ1n) is 11.9. The number of rotatable bonds is 6. The number of ketones is 1. The number of aryl methyl sites for hydroxylation is 4. The molecule has 2 heterocycles. The lowest BCUT2D eigenvalue weighted by molar-refractivity contribution is -0.115. The number of fused-ring (bicyclic) bond motifs is 1. The van der Waals surface area contributed by atoms with Crippen LogP contribution in [0.2, 0.25) is 0 Å². The van der Waals surface area contributed by atoms with Gasteiger partial charge in [0.1, 0.15) is 11.6 Å². The van der Waals surface area contributed by atoms with E-state index >= 15 is 0 Å². The van der Waals surface area contributed by atoms with Crippen molar-refractivity contribution in [2.75, 3.05) is 11.1 Å². The van der Waals surface area contributed by atoms with E-state index in [-0.39, 0.29) is 28.8 Å². The summed E-state index contributed by atoms with van der Waals surface area (Å²) in [5.74, 6) is 0.764. The van der Waals surface area contributed by atoms with E-state index in [0.717, 1.165) is 17.0 Å². The number of hydrogen-bond acceptors (Lipinski definition) is 7. The largest absolute Gasteiger partial charge is 0.310 e. The third kappa shape index (κ3) is 4.93. The Kier molecular flexibility index (Phi) is 6.79. The van der Waals surface area contributed by atoms with Crippen LogP contribution in [0.5, 0.6) is 0 Å². The fourth-order valence-electron chi connectivity index (χ4n) is 4.65. The highest BCUT2D eigenvalue weighted by molar-refractivity contribution is 7.91. The van der Waals surface area contributed by atoms with Crippen molar-refractivity contribution in [1.29, 1.82) is 0 Å². The van der Waals surface area contributed by atoms with Crippen LogP contribution in [0.25, 0.3) is 0 Å². The standard InChI is InChI=1S/C27H30N4O4S/c1-6-36(34,35)20-9-7-19(8-10-20)15-24(32)31-23-13-16(2)25-21(30-23)11-12-27(5,26(25)33)22-14-17(3)28-18(4)29-22/h7-10,13-14H,6,11-12,15H2,1-5H3,(H,30,31,32). The van der Waals surface area contributed by atoms with E-state index in [1.54, 1.807) is 25.1 Å². The Morgan fingerprint density at radius 2 is 1.75 bits per heavy atom. The number of nitrogens with one attached hydrogen (secondary N) is 1. The monoisotopic (exact) mass is 506 g/mol. The van der Waals surface area contributed by atoms with Gasteiger partial charge in [-0.05, 0) is 75.9 Å². The summed E-state index contributed by atoms with van der Waals surface area (Å²) in [6.07, 6.45) is 1.22. The van der Waals surface area contributed by atoms with Crippen LogP contribution in [-0.4, -0.2) is 40.8 Å². The zero-order valence-corrected chi connectivity index (χ0v) is 22.0. The number of Topliss-reactive ketones (excluding diaryl/α,β-unsaturated/α-hetero) is 1. The number of pyridine rings is 1. The molecule has 36 heavy (non-hydrogen) atoms. The van der Waals surface area contributed by atoms with E-state index in [2.05, 4.69) is 20.3 Å². The van der Waals surface area contributed by atoms with E-state index in [1.807, 2.05) is 33.8 Å². The molecule has 9 heteroatoms. The van der Waals surface area contributed by atoms with Gasteiger partial charge in [0.05, 0.1) is 33.9 Å². The molecule has 0 saturated heterocycles. The van der Waals surface area contributed by atoms with Crippen molar-refractivity contribution in [1.82, 2.24) is 15.0 Å². The molecule has 0 fully saturated rings. The number of aromatic nitrogens is 3. The molecule has 1 amide bonds. The minimum atomic E-state index is -3.29. The second-order valence-corrected chi connectivity index (χ2v) is 11.8. The summed E-state index contributed by atoms with van der Waals surface area (Å²) in [4.78, 5) is 40.0. The first-order valence-corrected chi connectivity index (χ1v) is 13.6. The fraction of sp³-hybridized carbons (Fsp3) is 0.370. The maximum atomic E-state index is 13.6. The van der Waals surface area contributed by atoms with Gasteiger partial charge >= 0.3 is 0 Å². The maximum absolute atomic E-state index is 13.6. The molecule has 0 radical (unpaired) electrons. The van der Waals surface area contributed by atoms with Crippen LogP contribution in [0.15, 0.2) is 41.3 Å². The van der Waals surface area contributed by atoms with Gasteiger partial charge in [-0.15, -0.1) is 0 Å². The zero-order valence-electron chi connectivity index (χ0n) is 21.2. The first-order chi connectivity index (χ1) is 16.9. The van der Waals surface area contributed by atoms with E-state index in [9.17, 15) is 18.0 Å². The lowest BCUT2D eigenvalue weighted by Crippen LogP contribution is -2.39. The molecule has 1 aromatic carbocycles. The summed E-state index contributed by atoms with van der Waals surface area (Å²) in [6.45, 7) is 9.08. The molecule has 3 aromatic rings. The molecule has 4 rings (SSSR count). The Bertz CT molecular complexity index is 1450. The van der Waals surface area contributed by atoms with Crippen molar-refractivity contribution in [2.24, 2.45) is 0 Å². The third-order valence-corrected chi connectivity index (χ3v) is 8.46. The normalized spacial score (nSPS) is 17.5. The first kappa shape index (κ1) is 25.6. The summed E-state index contributed by atoms with van der Waals surface area (Å²) in [6, 6.07) is 9.91. The van der Waals surface area contributed by atoms with E-state index in [0.29, 0.717) is 41.3 Å². The van der Waals surface area contributed by atoms with Gasteiger partial charge < -0.3 is 5.32 Å². The Labute approximate surface area is 211 Å². The molecule has 0 aliphatic heterocycles. The van der Waals surface area contributed by atoms with Crippen molar-refractivity contribution in [2.45, 2.75) is 64.2 Å². The van der Waals surface area contributed by atoms with Gasteiger partial charge in [-0.1, -0.05) is 19.1 Å². The highest BCUT2D eigenvalue weighted by Crippen LogP contribution is 2.38. The highest BCUT2D eigenvalue weighted by Gasteiger charge is 2.43. The van der Waals surface area contributed by atoms with E-state index in [4.69, 9.17) is 0 Å². The quantitative estimate of drug-likeness (QED) is 0.539. The molecular weight excluding hydrogens is 476 g/mol. The predicted molar refractivity (Wildman–Crippen MR) is 137 cm³/mol. The molecule has 0 spiro atoms. The zero-order chi connectivity index (χ0) is 26.3. The summed E-state index contributed by atoms with van der Waals surface area (Å²) in [5, 5.41) is 2.82. The predicted octanol–water partition coefficient (Wildman–Crippen LogP) is 3.86. The Morgan fingerprint density at radius 1 is 1.06 bits per heavy atom. The third-order valence-electron chi connectivity index (χ3n) is 6.71. The van der Waals surface area contributed by atoms with E-state index in [1.165, 1.54) is 12.1 Å². The molecule has 1 aliphatic carbocycles. The number of amides is 1. The molecule has 1 unspecified atom stereocenters. The van der Waals surface area contributed by atoms with Gasteiger partial charge in [-0.2, -0.15) is 0 Å². The fourth-order valence-corrected chi connectivity index (χ4v) is 5.53. The number of benzene rings is 1. The molecule has 188 valence electrons. The van der Waals surface area contributed by atoms with Gasteiger partial charge in [0.25, 0.3) is 0 Å². The number of carbonyl (C=O) groups is 2. The van der Waals surface area contributed by atoms with Crippen LogP contribution < -0.4 is 5.32 Å². The highest BCUT2D eigenvalue weighted by atomic mass is 32.2. The smallest absolute Gasteiger partial charge is 0.229 e. The second kappa shape index (κ2) is 9.54. The van der Waals surface area contributed by atoms with Crippen LogP contribution in [0, 0.1) is 20.8 Å². The molecular formula is C27H30N4O4S.